The van der Waals surface area contributed by atoms with Crippen molar-refractivity contribution in [3.8, 4) is 5.75 Å². The molecule has 6 nitrogen and oxygen atoms in total. The Balaban J connectivity index is 1.80. The van der Waals surface area contributed by atoms with Crippen LogP contribution in [0.2, 0.25) is 0 Å². The minimum absolute atomic E-state index is 0.128. The van der Waals surface area contributed by atoms with E-state index in [-0.39, 0.29) is 11.9 Å². The second kappa shape index (κ2) is 8.75. The maximum absolute atomic E-state index is 13.7. The van der Waals surface area contributed by atoms with E-state index in [0.717, 1.165) is 23.4 Å². The van der Waals surface area contributed by atoms with Crippen LogP contribution in [0.25, 0.3) is 0 Å². The molecule has 1 heterocycles. The fraction of sp³-hybridized carbons (Fsp3) is 0.231. The number of methoxy groups -OCH3 is 1. The number of ether oxygens (including phenoxy) is 1. The number of urea groups is 1. The number of carbonyl (C=O) groups is 2. The zero-order chi connectivity index (χ0) is 22.7. The second-order valence-electron chi connectivity index (χ2n) is 8.03. The lowest BCUT2D eigenvalue weighted by molar-refractivity contribution is -0.117. The Hall–Kier alpha value is -3.80. The summed E-state index contributed by atoms with van der Waals surface area (Å²) < 4.78 is 5.29. The minimum atomic E-state index is -0.898. The Morgan fingerprint density at radius 3 is 2.44 bits per heavy atom. The van der Waals surface area contributed by atoms with Crippen LogP contribution in [0.3, 0.4) is 0 Å². The quantitative estimate of drug-likeness (QED) is 0.600. The van der Waals surface area contributed by atoms with E-state index in [9.17, 15) is 9.59 Å². The molecule has 0 spiro atoms. The summed E-state index contributed by atoms with van der Waals surface area (Å²) in [5.41, 5.74) is 2.34. The smallest absolute Gasteiger partial charge is 0.328 e. The van der Waals surface area contributed by atoms with Gasteiger partial charge in [-0.15, -0.1) is 0 Å². The van der Waals surface area contributed by atoms with Crippen LogP contribution < -0.4 is 19.9 Å². The van der Waals surface area contributed by atoms with Gasteiger partial charge in [0.25, 0.3) is 0 Å². The van der Waals surface area contributed by atoms with E-state index in [4.69, 9.17) is 4.74 Å². The van der Waals surface area contributed by atoms with Crippen molar-refractivity contribution in [2.75, 3.05) is 22.2 Å². The lowest BCUT2D eigenvalue weighted by atomic mass is 9.90. The van der Waals surface area contributed by atoms with Crippen LogP contribution in [0.4, 0.5) is 21.9 Å². The van der Waals surface area contributed by atoms with Crippen molar-refractivity contribution in [3.05, 3.63) is 84.4 Å². The van der Waals surface area contributed by atoms with E-state index in [0.29, 0.717) is 17.9 Å². The highest BCUT2D eigenvalue weighted by Crippen LogP contribution is 2.41. The largest absolute Gasteiger partial charge is 0.497 e. The number of fused-ring (bicyclic) bond motifs is 1. The van der Waals surface area contributed by atoms with Gasteiger partial charge in [-0.1, -0.05) is 42.5 Å². The maximum Gasteiger partial charge on any atom is 0.328 e. The number of nitrogens with zero attached hydrogens (tertiary/aromatic N) is 2. The van der Waals surface area contributed by atoms with E-state index in [1.165, 1.54) is 6.92 Å². The number of hydrogen-bond acceptors (Lipinski definition) is 3. The van der Waals surface area contributed by atoms with Crippen LogP contribution in [0, 0.1) is 0 Å². The molecule has 0 bridgehead atoms. The normalized spacial score (nSPS) is 17.3. The predicted molar refractivity (Wildman–Crippen MR) is 127 cm³/mol. The zero-order valence-corrected chi connectivity index (χ0v) is 18.5. The van der Waals surface area contributed by atoms with Crippen LogP contribution in [-0.2, 0) is 11.2 Å². The van der Waals surface area contributed by atoms with Gasteiger partial charge in [0, 0.05) is 24.4 Å². The first-order valence-electron chi connectivity index (χ1n) is 10.6. The molecule has 3 amide bonds. The number of rotatable bonds is 4. The van der Waals surface area contributed by atoms with Crippen LogP contribution in [-0.4, -0.2) is 24.7 Å². The van der Waals surface area contributed by atoms with Gasteiger partial charge in [0.05, 0.1) is 12.8 Å². The standard InChI is InChI=1S/C26H27N3O3/c1-19(30)28(22-12-5-4-6-13-22)26(2)17-16-20-10-7-8-15-24(20)29(26)25(31)27-21-11-9-14-23(18-21)32-3/h4-15,18H,16-17H2,1-3H3,(H,27,31). The lowest BCUT2D eigenvalue weighted by Gasteiger charge is -2.51. The third kappa shape index (κ3) is 3.91. The molecule has 1 aliphatic heterocycles. The highest BCUT2D eigenvalue weighted by molar-refractivity contribution is 6.06. The topological polar surface area (TPSA) is 61.9 Å². The summed E-state index contributed by atoms with van der Waals surface area (Å²) in [7, 11) is 1.59. The summed E-state index contributed by atoms with van der Waals surface area (Å²) in [6.07, 6.45) is 1.36. The van der Waals surface area contributed by atoms with Crippen molar-refractivity contribution < 1.29 is 14.3 Å². The summed E-state index contributed by atoms with van der Waals surface area (Å²) in [4.78, 5) is 30.1. The molecule has 6 heteroatoms. The van der Waals surface area contributed by atoms with E-state index in [1.807, 2.05) is 79.7 Å². The highest BCUT2D eigenvalue weighted by Gasteiger charge is 2.46. The van der Waals surface area contributed by atoms with Crippen molar-refractivity contribution in [2.24, 2.45) is 0 Å². The molecule has 4 rings (SSSR count). The number of para-hydroxylation sites is 2. The summed E-state index contributed by atoms with van der Waals surface area (Å²) in [5, 5.41) is 3.00. The van der Waals surface area contributed by atoms with Gasteiger partial charge in [-0.2, -0.15) is 0 Å². The van der Waals surface area contributed by atoms with Crippen molar-refractivity contribution >= 4 is 29.0 Å². The predicted octanol–water partition coefficient (Wildman–Crippen LogP) is 5.45. The van der Waals surface area contributed by atoms with Crippen LogP contribution in [0.5, 0.6) is 5.75 Å². The summed E-state index contributed by atoms with van der Waals surface area (Å²) in [5.74, 6) is 0.525. The van der Waals surface area contributed by atoms with Gasteiger partial charge in [0.15, 0.2) is 0 Å². The first kappa shape index (κ1) is 21.4. The van der Waals surface area contributed by atoms with Crippen LogP contribution in [0.15, 0.2) is 78.9 Å². The molecule has 0 aliphatic carbocycles. The van der Waals surface area contributed by atoms with Gasteiger partial charge in [0.2, 0.25) is 5.91 Å². The first-order valence-corrected chi connectivity index (χ1v) is 10.6. The van der Waals surface area contributed by atoms with Crippen molar-refractivity contribution in [1.29, 1.82) is 0 Å². The van der Waals surface area contributed by atoms with Crippen LogP contribution >= 0.6 is 0 Å². The molecule has 164 valence electrons. The fourth-order valence-corrected chi connectivity index (χ4v) is 4.48. The Bertz CT molecular complexity index is 1130. The summed E-state index contributed by atoms with van der Waals surface area (Å²) >= 11 is 0. The molecule has 0 aromatic heterocycles. The molecule has 1 aliphatic rings. The molecular formula is C26H27N3O3. The second-order valence-corrected chi connectivity index (χ2v) is 8.03. The van der Waals surface area contributed by atoms with E-state index >= 15 is 0 Å². The number of amides is 3. The van der Waals surface area contributed by atoms with E-state index in [2.05, 4.69) is 5.32 Å². The van der Waals surface area contributed by atoms with Crippen molar-refractivity contribution in [3.63, 3.8) is 0 Å². The first-order chi connectivity index (χ1) is 15.4. The van der Waals surface area contributed by atoms with Crippen molar-refractivity contribution in [2.45, 2.75) is 32.4 Å². The van der Waals surface area contributed by atoms with Crippen molar-refractivity contribution in [1.82, 2.24) is 0 Å². The third-order valence-corrected chi connectivity index (χ3v) is 5.92. The molecule has 0 saturated heterocycles. The molecule has 3 aromatic carbocycles. The summed E-state index contributed by atoms with van der Waals surface area (Å²) in [6.45, 7) is 3.49. The third-order valence-electron chi connectivity index (χ3n) is 5.92. The average Bonchev–Trinajstić information content (AvgIpc) is 2.79. The minimum Gasteiger partial charge on any atom is -0.497 e. The van der Waals surface area contributed by atoms with Gasteiger partial charge >= 0.3 is 6.03 Å². The molecule has 3 aromatic rings. The number of aryl methyl sites for hydroxylation is 1. The Labute approximate surface area is 188 Å². The Kier molecular flexibility index (Phi) is 5.86. The number of anilines is 3. The van der Waals surface area contributed by atoms with Gasteiger partial charge < -0.3 is 10.1 Å². The Morgan fingerprint density at radius 2 is 1.72 bits per heavy atom. The molecule has 0 fully saturated rings. The van der Waals surface area contributed by atoms with Gasteiger partial charge in [-0.3, -0.25) is 14.6 Å². The maximum atomic E-state index is 13.7. The SMILES string of the molecule is COc1cccc(NC(=O)N2c3ccccc3CCC2(C)N(C(C)=O)c2ccccc2)c1. The zero-order valence-electron chi connectivity index (χ0n) is 18.5. The molecule has 1 atom stereocenters. The lowest BCUT2D eigenvalue weighted by Crippen LogP contribution is -2.65. The molecule has 32 heavy (non-hydrogen) atoms. The van der Waals surface area contributed by atoms with Gasteiger partial charge in [-0.05, 0) is 55.7 Å². The number of hydrogen-bond donors (Lipinski definition) is 1. The molecule has 1 unspecified atom stereocenters. The molecule has 1 N–H and O–H groups in total. The molecule has 0 saturated carbocycles. The number of nitrogens with one attached hydrogen (secondary N) is 1. The molecular weight excluding hydrogens is 402 g/mol. The monoisotopic (exact) mass is 429 g/mol. The highest BCUT2D eigenvalue weighted by atomic mass is 16.5. The van der Waals surface area contributed by atoms with Gasteiger partial charge in [0.1, 0.15) is 11.4 Å². The average molecular weight is 430 g/mol. The molecule has 0 radical (unpaired) electrons. The van der Waals surface area contributed by atoms with E-state index < -0.39 is 5.66 Å². The number of benzene rings is 3. The van der Waals surface area contributed by atoms with E-state index in [1.54, 1.807) is 23.0 Å². The number of carbonyl (C=O) groups excluding carboxylic acids is 2. The summed E-state index contributed by atoms with van der Waals surface area (Å²) in [6, 6.07) is 24.3. The van der Waals surface area contributed by atoms with Crippen LogP contribution in [0.1, 0.15) is 25.8 Å². The Morgan fingerprint density at radius 1 is 1.00 bits per heavy atom. The van der Waals surface area contributed by atoms with Gasteiger partial charge in [-0.25, -0.2) is 4.79 Å². The fourth-order valence-electron chi connectivity index (χ4n) is 4.48.